The molecule has 1 amide bonds. The van der Waals surface area contributed by atoms with Gasteiger partial charge in [-0.15, -0.1) is 0 Å². The number of amides is 1. The zero-order valence-corrected chi connectivity index (χ0v) is 27.7. The van der Waals surface area contributed by atoms with Crippen molar-refractivity contribution in [2.24, 2.45) is 5.92 Å². The number of benzene rings is 2. The van der Waals surface area contributed by atoms with Crippen LogP contribution < -0.4 is 14.5 Å². The van der Waals surface area contributed by atoms with Crippen molar-refractivity contribution in [3.8, 4) is 12.1 Å². The molecule has 2 atom stereocenters. The Morgan fingerprint density at radius 3 is 2.69 bits per heavy atom. The van der Waals surface area contributed by atoms with E-state index in [2.05, 4.69) is 84.6 Å². The third kappa shape index (κ3) is 7.21. The predicted molar refractivity (Wildman–Crippen MR) is 184 cm³/mol. The fourth-order valence-corrected chi connectivity index (χ4v) is 6.88. The van der Waals surface area contributed by atoms with Crippen molar-refractivity contribution in [1.82, 2.24) is 19.8 Å². The normalized spacial score (nSPS) is 18.6. The summed E-state index contributed by atoms with van der Waals surface area (Å²) in [7, 11) is 2.15. The number of rotatable bonds is 10. The molecular formula is C35H45N7O2S. The van der Waals surface area contributed by atoms with E-state index in [0.717, 1.165) is 49.0 Å². The third-order valence-electron chi connectivity index (χ3n) is 9.16. The average molecular weight is 628 g/mol. The molecule has 0 bridgehead atoms. The summed E-state index contributed by atoms with van der Waals surface area (Å²) < 4.78 is 6.43. The molecule has 2 aromatic carbocycles. The molecule has 6 rings (SSSR count). The second-order valence-electron chi connectivity index (χ2n) is 12.7. The smallest absolute Gasteiger partial charge is 0.318 e. The molecule has 3 aromatic rings. The molecule has 10 heteroatoms. The number of aromatic nitrogens is 2. The Morgan fingerprint density at radius 1 is 1.18 bits per heavy atom. The van der Waals surface area contributed by atoms with Gasteiger partial charge in [0.1, 0.15) is 11.9 Å². The molecule has 0 spiro atoms. The maximum Gasteiger partial charge on any atom is 0.318 e. The van der Waals surface area contributed by atoms with Gasteiger partial charge in [0.25, 0.3) is 0 Å². The number of nitrogens with zero attached hydrogens (tertiary/aromatic N) is 7. The van der Waals surface area contributed by atoms with Crippen LogP contribution in [-0.2, 0) is 17.8 Å². The SMILES string of the molecule is C=CC(=O)N1CCN(c2nc(O[C@@H](C)CN(C)CC3CC3)nc3c2CCN(c2cccc4cccc(C)c24)C3)CC1CC#N.S. The summed E-state index contributed by atoms with van der Waals surface area (Å²) in [5.41, 5.74) is 4.58. The number of piperazine rings is 1. The van der Waals surface area contributed by atoms with Gasteiger partial charge >= 0.3 is 6.01 Å². The molecule has 0 radical (unpaired) electrons. The Kier molecular flexibility index (Phi) is 10.2. The Balaban J connectivity index is 0.00000400. The number of ether oxygens (including phenoxy) is 1. The summed E-state index contributed by atoms with van der Waals surface area (Å²) in [6.45, 7) is 13.0. The Labute approximate surface area is 273 Å². The molecule has 0 N–H and O–H groups in total. The lowest BCUT2D eigenvalue weighted by molar-refractivity contribution is -0.128. The summed E-state index contributed by atoms with van der Waals surface area (Å²) in [5.74, 6) is 1.55. The minimum Gasteiger partial charge on any atom is -0.459 e. The number of carbonyl (C=O) groups excluding carboxylic acids is 1. The Bertz CT molecular complexity index is 1580. The van der Waals surface area contributed by atoms with Crippen LogP contribution in [0.2, 0.25) is 0 Å². The van der Waals surface area contributed by atoms with E-state index in [-0.39, 0.29) is 38.0 Å². The Hall–Kier alpha value is -3.81. The van der Waals surface area contributed by atoms with Gasteiger partial charge in [-0.1, -0.05) is 36.9 Å². The number of likely N-dealkylation sites (N-methyl/N-ethyl adjacent to an activating group) is 1. The van der Waals surface area contributed by atoms with Crippen molar-refractivity contribution in [1.29, 1.82) is 5.26 Å². The van der Waals surface area contributed by atoms with Gasteiger partial charge in [0.2, 0.25) is 5.91 Å². The molecule has 3 aliphatic rings. The van der Waals surface area contributed by atoms with Crippen molar-refractivity contribution >= 4 is 41.7 Å². The highest BCUT2D eigenvalue weighted by atomic mass is 32.1. The number of nitriles is 1. The lowest BCUT2D eigenvalue weighted by Gasteiger charge is -2.42. The van der Waals surface area contributed by atoms with Crippen molar-refractivity contribution in [3.63, 3.8) is 0 Å². The van der Waals surface area contributed by atoms with Crippen molar-refractivity contribution in [2.45, 2.75) is 58.2 Å². The van der Waals surface area contributed by atoms with Crippen LogP contribution in [0.5, 0.6) is 6.01 Å². The number of aryl methyl sites for hydroxylation is 1. The molecule has 1 saturated heterocycles. The quantitative estimate of drug-likeness (QED) is 0.295. The number of anilines is 2. The maximum atomic E-state index is 12.6. The number of carbonyl (C=O) groups is 1. The van der Waals surface area contributed by atoms with Gasteiger partial charge in [0.15, 0.2) is 0 Å². The highest BCUT2D eigenvalue weighted by molar-refractivity contribution is 7.59. The second kappa shape index (κ2) is 14.1. The molecule has 3 heterocycles. The number of fused-ring (bicyclic) bond motifs is 2. The Morgan fingerprint density at radius 2 is 1.96 bits per heavy atom. The summed E-state index contributed by atoms with van der Waals surface area (Å²) in [6, 6.07) is 15.4. The summed E-state index contributed by atoms with van der Waals surface area (Å²) >= 11 is 0. The molecule has 45 heavy (non-hydrogen) atoms. The van der Waals surface area contributed by atoms with Gasteiger partial charge in [-0.05, 0) is 69.2 Å². The first-order valence-electron chi connectivity index (χ1n) is 15.9. The summed E-state index contributed by atoms with van der Waals surface area (Å²) in [5, 5.41) is 12.1. The van der Waals surface area contributed by atoms with Crippen LogP contribution in [0.3, 0.4) is 0 Å². The van der Waals surface area contributed by atoms with E-state index in [1.54, 1.807) is 4.90 Å². The van der Waals surface area contributed by atoms with Gasteiger partial charge in [-0.3, -0.25) is 4.79 Å². The lowest BCUT2D eigenvalue weighted by Crippen LogP contribution is -2.55. The molecule has 1 saturated carbocycles. The zero-order chi connectivity index (χ0) is 30.8. The fraction of sp³-hybridized carbons (Fsp3) is 0.486. The van der Waals surface area contributed by atoms with Gasteiger partial charge in [-0.2, -0.15) is 28.7 Å². The number of hydrogen-bond donors (Lipinski definition) is 0. The second-order valence-corrected chi connectivity index (χ2v) is 12.7. The third-order valence-corrected chi connectivity index (χ3v) is 9.16. The molecule has 2 aliphatic heterocycles. The number of hydrogen-bond acceptors (Lipinski definition) is 8. The standard InChI is InChI=1S/C35H43N7O2.H2S/c1-5-32(43)42-19-18-41(22-28(42)14-16-36)34-29-15-17-40(31-11-7-10-27-9-6-8-24(2)33(27)31)23-30(29)37-35(38-34)44-25(3)20-39(4)21-26-12-13-26;/h5-11,25-26,28H,1,12-15,17-23H2,2-4H3;1H2/t25-,28?;/m0./s1. The van der Waals surface area contributed by atoms with Crippen molar-refractivity contribution in [3.05, 3.63) is 65.9 Å². The minimum absolute atomic E-state index is 0. The predicted octanol–water partition coefficient (Wildman–Crippen LogP) is 4.84. The van der Waals surface area contributed by atoms with E-state index in [0.29, 0.717) is 32.2 Å². The monoisotopic (exact) mass is 627 g/mol. The summed E-state index contributed by atoms with van der Waals surface area (Å²) in [4.78, 5) is 31.4. The van der Waals surface area contributed by atoms with Crippen LogP contribution in [0, 0.1) is 24.2 Å². The first kappa shape index (κ1) is 32.6. The molecule has 1 aromatic heterocycles. The highest BCUT2D eigenvalue weighted by Gasteiger charge is 2.33. The molecule has 238 valence electrons. The van der Waals surface area contributed by atoms with E-state index >= 15 is 0 Å². The average Bonchev–Trinajstić information content (AvgIpc) is 3.83. The van der Waals surface area contributed by atoms with Crippen LogP contribution in [0.25, 0.3) is 10.8 Å². The van der Waals surface area contributed by atoms with E-state index in [9.17, 15) is 10.1 Å². The van der Waals surface area contributed by atoms with E-state index in [1.165, 1.54) is 40.9 Å². The zero-order valence-electron chi connectivity index (χ0n) is 26.7. The van der Waals surface area contributed by atoms with Gasteiger partial charge in [-0.25, -0.2) is 0 Å². The molecule has 1 unspecified atom stereocenters. The molecular weight excluding hydrogens is 582 g/mol. The van der Waals surface area contributed by atoms with Gasteiger partial charge in [0.05, 0.1) is 30.8 Å². The fourth-order valence-electron chi connectivity index (χ4n) is 6.88. The van der Waals surface area contributed by atoms with E-state index in [4.69, 9.17) is 14.7 Å². The summed E-state index contributed by atoms with van der Waals surface area (Å²) in [6.07, 6.45) is 4.96. The first-order chi connectivity index (χ1) is 21.3. The largest absolute Gasteiger partial charge is 0.459 e. The topological polar surface area (TPSA) is 88.8 Å². The van der Waals surface area contributed by atoms with Crippen LogP contribution in [0.1, 0.15) is 43.0 Å². The highest BCUT2D eigenvalue weighted by Crippen LogP contribution is 2.36. The van der Waals surface area contributed by atoms with E-state index in [1.807, 2.05) is 0 Å². The van der Waals surface area contributed by atoms with Crippen molar-refractivity contribution in [2.75, 3.05) is 56.1 Å². The molecule has 9 nitrogen and oxygen atoms in total. The molecule has 2 fully saturated rings. The van der Waals surface area contributed by atoms with E-state index < -0.39 is 0 Å². The van der Waals surface area contributed by atoms with Gasteiger partial charge in [0, 0.05) is 55.9 Å². The van der Waals surface area contributed by atoms with Crippen LogP contribution >= 0.6 is 13.5 Å². The maximum absolute atomic E-state index is 12.6. The van der Waals surface area contributed by atoms with Crippen LogP contribution in [0.4, 0.5) is 11.5 Å². The van der Waals surface area contributed by atoms with Crippen molar-refractivity contribution < 1.29 is 9.53 Å². The minimum atomic E-state index is -0.233. The first-order valence-corrected chi connectivity index (χ1v) is 15.9. The van der Waals surface area contributed by atoms with Crippen LogP contribution in [0.15, 0.2) is 49.1 Å². The van der Waals surface area contributed by atoms with Crippen LogP contribution in [-0.4, -0.2) is 84.1 Å². The lowest BCUT2D eigenvalue weighted by atomic mass is 9.99. The van der Waals surface area contributed by atoms with Gasteiger partial charge < -0.3 is 24.3 Å². The molecule has 1 aliphatic carbocycles.